The van der Waals surface area contributed by atoms with Crippen molar-refractivity contribution in [2.45, 2.75) is 23.2 Å². The zero-order valence-corrected chi connectivity index (χ0v) is 12.8. The standard InChI is InChI=1S/C14H17N3OS2/c15-8-10-4-3-7-17(10)13(18)9-19-14-16-11-5-1-2-6-12(11)20-14/h1-2,5-6,10H,3-4,7-9,15H2. The SMILES string of the molecule is NCC1CCCN1C(=O)CSc1nc2ccccc2s1. The molecule has 0 saturated carbocycles. The second-order valence-corrected chi connectivity index (χ2v) is 7.11. The van der Waals surface area contributed by atoms with Crippen LogP contribution < -0.4 is 5.73 Å². The number of likely N-dealkylation sites (tertiary alicyclic amines) is 1. The Morgan fingerprint density at radius 1 is 1.50 bits per heavy atom. The van der Waals surface area contributed by atoms with Gasteiger partial charge in [0, 0.05) is 19.1 Å². The highest BCUT2D eigenvalue weighted by molar-refractivity contribution is 8.01. The number of thioether (sulfide) groups is 1. The molecule has 1 aliphatic rings. The Kier molecular flexibility index (Phi) is 4.24. The van der Waals surface area contributed by atoms with Crippen LogP contribution in [-0.4, -0.2) is 40.7 Å². The number of hydrogen-bond acceptors (Lipinski definition) is 5. The number of amides is 1. The molecule has 1 aliphatic heterocycles. The molecule has 1 amide bonds. The van der Waals surface area contributed by atoms with Gasteiger partial charge in [-0.15, -0.1) is 11.3 Å². The van der Waals surface area contributed by atoms with Gasteiger partial charge in [-0.2, -0.15) is 0 Å². The third-order valence-electron chi connectivity index (χ3n) is 3.56. The van der Waals surface area contributed by atoms with Crippen molar-refractivity contribution in [2.24, 2.45) is 5.73 Å². The van der Waals surface area contributed by atoms with Crippen molar-refractivity contribution >= 4 is 39.2 Å². The number of fused-ring (bicyclic) bond motifs is 1. The van der Waals surface area contributed by atoms with Crippen LogP contribution in [0.2, 0.25) is 0 Å². The molecule has 4 nitrogen and oxygen atoms in total. The van der Waals surface area contributed by atoms with Gasteiger partial charge in [0.05, 0.1) is 16.0 Å². The highest BCUT2D eigenvalue weighted by Gasteiger charge is 2.27. The van der Waals surface area contributed by atoms with Crippen molar-refractivity contribution in [1.82, 2.24) is 9.88 Å². The molecule has 0 bridgehead atoms. The summed E-state index contributed by atoms with van der Waals surface area (Å²) in [5, 5.41) is 0. The molecule has 0 aliphatic carbocycles. The van der Waals surface area contributed by atoms with E-state index in [0.29, 0.717) is 12.3 Å². The van der Waals surface area contributed by atoms with Crippen LogP contribution in [0.3, 0.4) is 0 Å². The van der Waals surface area contributed by atoms with Crippen LogP contribution in [-0.2, 0) is 4.79 Å². The Morgan fingerprint density at radius 2 is 2.35 bits per heavy atom. The molecular weight excluding hydrogens is 290 g/mol. The fraction of sp³-hybridized carbons (Fsp3) is 0.429. The molecule has 1 fully saturated rings. The van der Waals surface area contributed by atoms with Gasteiger partial charge in [-0.3, -0.25) is 4.79 Å². The molecule has 20 heavy (non-hydrogen) atoms. The lowest BCUT2D eigenvalue weighted by molar-refractivity contribution is -0.128. The van der Waals surface area contributed by atoms with E-state index in [-0.39, 0.29) is 11.9 Å². The Hall–Kier alpha value is -1.11. The van der Waals surface area contributed by atoms with Crippen molar-refractivity contribution in [2.75, 3.05) is 18.8 Å². The van der Waals surface area contributed by atoms with Gasteiger partial charge in [-0.05, 0) is 25.0 Å². The van der Waals surface area contributed by atoms with Gasteiger partial charge in [0.25, 0.3) is 0 Å². The highest BCUT2D eigenvalue weighted by Crippen LogP contribution is 2.30. The number of nitrogens with zero attached hydrogens (tertiary/aromatic N) is 2. The van der Waals surface area contributed by atoms with Crippen molar-refractivity contribution < 1.29 is 4.79 Å². The van der Waals surface area contributed by atoms with Crippen molar-refractivity contribution in [3.8, 4) is 0 Å². The van der Waals surface area contributed by atoms with E-state index >= 15 is 0 Å². The van der Waals surface area contributed by atoms with Gasteiger partial charge in [-0.1, -0.05) is 23.9 Å². The van der Waals surface area contributed by atoms with E-state index in [2.05, 4.69) is 11.1 Å². The van der Waals surface area contributed by atoms with Gasteiger partial charge in [-0.25, -0.2) is 4.98 Å². The highest BCUT2D eigenvalue weighted by atomic mass is 32.2. The van der Waals surface area contributed by atoms with E-state index in [1.165, 1.54) is 16.5 Å². The number of carbonyl (C=O) groups is 1. The molecule has 1 saturated heterocycles. The minimum atomic E-state index is 0.183. The summed E-state index contributed by atoms with van der Waals surface area (Å²) < 4.78 is 2.13. The molecule has 1 unspecified atom stereocenters. The largest absolute Gasteiger partial charge is 0.338 e. The molecule has 0 radical (unpaired) electrons. The molecule has 3 rings (SSSR count). The van der Waals surface area contributed by atoms with Crippen LogP contribution in [0.4, 0.5) is 0 Å². The Balaban J connectivity index is 1.62. The third-order valence-corrected chi connectivity index (χ3v) is 5.73. The van der Waals surface area contributed by atoms with Crippen LogP contribution in [0.1, 0.15) is 12.8 Å². The number of nitrogens with two attached hydrogens (primary N) is 1. The number of rotatable bonds is 4. The molecular formula is C14H17N3OS2. The maximum Gasteiger partial charge on any atom is 0.233 e. The van der Waals surface area contributed by atoms with Gasteiger partial charge in [0.15, 0.2) is 4.34 Å². The number of aromatic nitrogens is 1. The van der Waals surface area contributed by atoms with Gasteiger partial charge in [0.1, 0.15) is 0 Å². The monoisotopic (exact) mass is 307 g/mol. The Labute approximate surface area is 126 Å². The predicted molar refractivity (Wildman–Crippen MR) is 84.1 cm³/mol. The van der Waals surface area contributed by atoms with E-state index in [1.54, 1.807) is 11.3 Å². The summed E-state index contributed by atoms with van der Waals surface area (Å²) >= 11 is 3.17. The zero-order valence-electron chi connectivity index (χ0n) is 11.1. The van der Waals surface area contributed by atoms with E-state index in [4.69, 9.17) is 5.73 Å². The fourth-order valence-corrected chi connectivity index (χ4v) is 4.48. The van der Waals surface area contributed by atoms with E-state index in [0.717, 1.165) is 29.2 Å². The van der Waals surface area contributed by atoms with Crippen LogP contribution in [0.25, 0.3) is 10.2 Å². The lowest BCUT2D eigenvalue weighted by Gasteiger charge is -2.22. The van der Waals surface area contributed by atoms with Gasteiger partial charge >= 0.3 is 0 Å². The first-order valence-electron chi connectivity index (χ1n) is 6.76. The normalized spacial score (nSPS) is 18.9. The quantitative estimate of drug-likeness (QED) is 0.881. The lowest BCUT2D eigenvalue weighted by Crippen LogP contribution is -2.40. The minimum Gasteiger partial charge on any atom is -0.338 e. The lowest BCUT2D eigenvalue weighted by atomic mass is 10.2. The summed E-state index contributed by atoms with van der Waals surface area (Å²) in [6.45, 7) is 1.42. The average Bonchev–Trinajstić information content (AvgIpc) is 3.10. The molecule has 106 valence electrons. The molecule has 0 spiro atoms. The Bertz CT molecular complexity index is 580. The number of para-hydroxylation sites is 1. The van der Waals surface area contributed by atoms with Crippen molar-refractivity contribution in [3.63, 3.8) is 0 Å². The van der Waals surface area contributed by atoms with Crippen LogP contribution in [0.5, 0.6) is 0 Å². The van der Waals surface area contributed by atoms with Crippen molar-refractivity contribution in [1.29, 1.82) is 0 Å². The summed E-state index contributed by atoms with van der Waals surface area (Å²) in [7, 11) is 0. The molecule has 1 aromatic heterocycles. The van der Waals surface area contributed by atoms with Crippen molar-refractivity contribution in [3.05, 3.63) is 24.3 Å². The van der Waals surface area contributed by atoms with E-state index in [1.807, 2.05) is 23.1 Å². The Morgan fingerprint density at radius 3 is 3.15 bits per heavy atom. The summed E-state index contributed by atoms with van der Waals surface area (Å²) in [6.07, 6.45) is 2.10. The maximum atomic E-state index is 12.2. The van der Waals surface area contributed by atoms with Gasteiger partial charge < -0.3 is 10.6 Å². The molecule has 2 N–H and O–H groups in total. The zero-order chi connectivity index (χ0) is 13.9. The first-order chi connectivity index (χ1) is 9.78. The number of benzene rings is 1. The second-order valence-electron chi connectivity index (χ2n) is 4.86. The summed E-state index contributed by atoms with van der Waals surface area (Å²) in [6, 6.07) is 8.29. The topological polar surface area (TPSA) is 59.2 Å². The van der Waals surface area contributed by atoms with Crippen LogP contribution >= 0.6 is 23.1 Å². The summed E-state index contributed by atoms with van der Waals surface area (Å²) in [4.78, 5) is 18.7. The molecule has 6 heteroatoms. The fourth-order valence-electron chi connectivity index (χ4n) is 2.53. The van der Waals surface area contributed by atoms with E-state index in [9.17, 15) is 4.79 Å². The first kappa shape index (κ1) is 13.9. The molecule has 2 heterocycles. The average molecular weight is 307 g/mol. The summed E-state index contributed by atoms with van der Waals surface area (Å²) in [5.41, 5.74) is 6.72. The molecule has 2 aromatic rings. The second kappa shape index (κ2) is 6.11. The van der Waals surface area contributed by atoms with E-state index < -0.39 is 0 Å². The van der Waals surface area contributed by atoms with Gasteiger partial charge in [0.2, 0.25) is 5.91 Å². The van der Waals surface area contributed by atoms with Crippen LogP contribution in [0.15, 0.2) is 28.6 Å². The predicted octanol–water partition coefficient (Wildman–Crippen LogP) is 2.34. The number of carbonyl (C=O) groups excluding carboxylic acids is 1. The summed E-state index contributed by atoms with van der Waals surface area (Å²) in [5.74, 6) is 0.637. The first-order valence-corrected chi connectivity index (χ1v) is 8.56. The number of thiazole rings is 1. The third kappa shape index (κ3) is 2.82. The number of hydrogen-bond donors (Lipinski definition) is 1. The smallest absolute Gasteiger partial charge is 0.233 e. The minimum absolute atomic E-state index is 0.183. The molecule has 1 aromatic carbocycles. The maximum absolute atomic E-state index is 12.2. The van der Waals surface area contributed by atoms with Crippen LogP contribution in [0, 0.1) is 0 Å². The molecule has 1 atom stereocenters.